The lowest BCUT2D eigenvalue weighted by molar-refractivity contribution is -0.158. The molecule has 0 aromatic heterocycles. The summed E-state index contributed by atoms with van der Waals surface area (Å²) in [4.78, 5) is 23.0. The van der Waals surface area contributed by atoms with E-state index in [-0.39, 0.29) is 25.1 Å². The molecule has 23 heavy (non-hydrogen) atoms. The first kappa shape index (κ1) is 18.8. The van der Waals surface area contributed by atoms with Crippen LogP contribution >= 0.6 is 0 Å². The van der Waals surface area contributed by atoms with Gasteiger partial charge < -0.3 is 14.8 Å². The molecule has 0 bridgehead atoms. The minimum Gasteiger partial charge on any atom is -0.454 e. The molecular formula is C16H19F2NO4. The highest BCUT2D eigenvalue weighted by atomic mass is 19.1. The van der Waals surface area contributed by atoms with Gasteiger partial charge in [-0.2, -0.15) is 0 Å². The Morgan fingerprint density at radius 1 is 1.35 bits per heavy atom. The number of carbonyl (C=O) groups excluding carboxylic acids is 2. The lowest BCUT2D eigenvalue weighted by atomic mass is 10.1. The maximum absolute atomic E-state index is 13.4. The third kappa shape index (κ3) is 6.56. The summed E-state index contributed by atoms with van der Waals surface area (Å²) in [5.41, 5.74) is -0.101. The lowest BCUT2D eigenvalue weighted by Gasteiger charge is -2.11. The van der Waals surface area contributed by atoms with Crippen LogP contribution in [0.2, 0.25) is 0 Å². The maximum Gasteiger partial charge on any atom is 0.335 e. The predicted octanol–water partition coefficient (Wildman–Crippen LogP) is 1.76. The molecule has 0 spiro atoms. The van der Waals surface area contributed by atoms with Gasteiger partial charge in [-0.05, 0) is 25.5 Å². The Hall–Kier alpha value is -2.28. The first-order chi connectivity index (χ1) is 11.0. The zero-order valence-electron chi connectivity index (χ0n) is 12.8. The fraction of sp³-hybridized carbons (Fsp3) is 0.375. The van der Waals surface area contributed by atoms with Crippen molar-refractivity contribution in [1.82, 2.24) is 5.32 Å². The van der Waals surface area contributed by atoms with E-state index in [9.17, 15) is 18.4 Å². The van der Waals surface area contributed by atoms with Crippen LogP contribution in [0.4, 0.5) is 8.78 Å². The molecule has 1 N–H and O–H groups in total. The number of carbonyl (C=O) groups is 2. The second-order valence-electron chi connectivity index (χ2n) is 4.67. The van der Waals surface area contributed by atoms with Gasteiger partial charge in [-0.3, -0.25) is 4.79 Å². The maximum atomic E-state index is 13.4. The predicted molar refractivity (Wildman–Crippen MR) is 79.6 cm³/mol. The Bertz CT molecular complexity index is 543. The SMILES string of the molecule is C=CCOC(C)C(=O)OCC(=O)NCCc1c(F)cccc1F. The molecule has 0 radical (unpaired) electrons. The van der Waals surface area contributed by atoms with Crippen LogP contribution in [0.15, 0.2) is 30.9 Å². The van der Waals surface area contributed by atoms with Crippen LogP contribution in [0.3, 0.4) is 0 Å². The standard InChI is InChI=1S/C16H19F2NO4/c1-3-9-22-11(2)16(21)23-10-15(20)19-8-7-12-13(17)5-4-6-14(12)18/h3-6,11H,1,7-10H2,2H3,(H,19,20). The smallest absolute Gasteiger partial charge is 0.335 e. The van der Waals surface area contributed by atoms with Crippen molar-refractivity contribution in [2.24, 2.45) is 0 Å². The van der Waals surface area contributed by atoms with E-state index in [1.807, 2.05) is 0 Å². The minimum absolute atomic E-state index is 0.00293. The van der Waals surface area contributed by atoms with Crippen LogP contribution in [0.5, 0.6) is 0 Å². The Kier molecular flexibility index (Phi) is 7.90. The summed E-state index contributed by atoms with van der Waals surface area (Å²) in [6.07, 6.45) is 0.670. The minimum atomic E-state index is -0.812. The highest BCUT2D eigenvalue weighted by Crippen LogP contribution is 2.11. The number of hydrogen-bond donors (Lipinski definition) is 1. The normalized spacial score (nSPS) is 11.6. The monoisotopic (exact) mass is 327 g/mol. The van der Waals surface area contributed by atoms with E-state index >= 15 is 0 Å². The lowest BCUT2D eigenvalue weighted by Crippen LogP contribution is -2.33. The van der Waals surface area contributed by atoms with Crippen molar-refractivity contribution in [3.8, 4) is 0 Å². The van der Waals surface area contributed by atoms with Gasteiger partial charge in [0.1, 0.15) is 11.6 Å². The molecule has 1 amide bonds. The molecular weight excluding hydrogens is 308 g/mol. The van der Waals surface area contributed by atoms with Gasteiger partial charge in [0.2, 0.25) is 0 Å². The number of hydrogen-bond acceptors (Lipinski definition) is 4. The van der Waals surface area contributed by atoms with Gasteiger partial charge in [0.15, 0.2) is 12.7 Å². The molecule has 7 heteroatoms. The van der Waals surface area contributed by atoms with Gasteiger partial charge in [0.05, 0.1) is 6.61 Å². The van der Waals surface area contributed by atoms with Crippen LogP contribution in [-0.4, -0.2) is 37.7 Å². The quantitative estimate of drug-likeness (QED) is 0.554. The van der Waals surface area contributed by atoms with Crippen LogP contribution in [0.25, 0.3) is 0 Å². The average Bonchev–Trinajstić information content (AvgIpc) is 2.53. The molecule has 1 unspecified atom stereocenters. The Balaban J connectivity index is 2.29. The molecule has 0 aliphatic rings. The molecule has 1 aromatic carbocycles. The van der Waals surface area contributed by atoms with Gasteiger partial charge in [-0.25, -0.2) is 13.6 Å². The molecule has 0 fully saturated rings. The Morgan fingerprint density at radius 3 is 2.61 bits per heavy atom. The molecule has 0 heterocycles. The van der Waals surface area contributed by atoms with E-state index < -0.39 is 36.2 Å². The van der Waals surface area contributed by atoms with Crippen molar-refractivity contribution in [2.45, 2.75) is 19.4 Å². The van der Waals surface area contributed by atoms with Gasteiger partial charge in [0.25, 0.3) is 5.91 Å². The van der Waals surface area contributed by atoms with Crippen LogP contribution < -0.4 is 5.32 Å². The summed E-state index contributed by atoms with van der Waals surface area (Å²) < 4.78 is 36.6. The average molecular weight is 327 g/mol. The van der Waals surface area contributed by atoms with E-state index in [1.54, 1.807) is 0 Å². The van der Waals surface area contributed by atoms with Crippen molar-refractivity contribution in [2.75, 3.05) is 19.8 Å². The zero-order chi connectivity index (χ0) is 17.2. The fourth-order valence-corrected chi connectivity index (χ4v) is 1.68. The van der Waals surface area contributed by atoms with Crippen LogP contribution in [0, 0.1) is 11.6 Å². The third-order valence-corrected chi connectivity index (χ3v) is 2.90. The molecule has 5 nitrogen and oxygen atoms in total. The zero-order valence-corrected chi connectivity index (χ0v) is 12.8. The highest BCUT2D eigenvalue weighted by Gasteiger charge is 2.16. The van der Waals surface area contributed by atoms with Gasteiger partial charge >= 0.3 is 5.97 Å². The van der Waals surface area contributed by atoms with Crippen molar-refractivity contribution in [1.29, 1.82) is 0 Å². The summed E-state index contributed by atoms with van der Waals surface area (Å²) in [6, 6.07) is 3.56. The number of amides is 1. The van der Waals surface area contributed by atoms with E-state index in [1.165, 1.54) is 19.1 Å². The van der Waals surface area contributed by atoms with Crippen LogP contribution in [0.1, 0.15) is 12.5 Å². The molecule has 126 valence electrons. The van der Waals surface area contributed by atoms with Gasteiger partial charge in [-0.15, -0.1) is 6.58 Å². The molecule has 0 saturated heterocycles. The van der Waals surface area contributed by atoms with E-state index in [0.717, 1.165) is 12.1 Å². The number of halogens is 2. The van der Waals surface area contributed by atoms with E-state index in [2.05, 4.69) is 11.9 Å². The number of esters is 1. The Labute approximate surface area is 133 Å². The van der Waals surface area contributed by atoms with Crippen molar-refractivity contribution in [3.63, 3.8) is 0 Å². The van der Waals surface area contributed by atoms with Crippen molar-refractivity contribution < 1.29 is 27.8 Å². The number of nitrogens with one attached hydrogen (secondary N) is 1. The number of benzene rings is 1. The number of rotatable bonds is 9. The first-order valence-corrected chi connectivity index (χ1v) is 7.04. The fourth-order valence-electron chi connectivity index (χ4n) is 1.68. The topological polar surface area (TPSA) is 64.6 Å². The summed E-state index contributed by atoms with van der Waals surface area (Å²) in [7, 11) is 0. The third-order valence-electron chi connectivity index (χ3n) is 2.90. The molecule has 0 aliphatic carbocycles. The van der Waals surface area contributed by atoms with Crippen molar-refractivity contribution >= 4 is 11.9 Å². The Morgan fingerprint density at radius 2 is 2.00 bits per heavy atom. The molecule has 0 aliphatic heterocycles. The van der Waals surface area contributed by atoms with E-state index in [0.29, 0.717) is 0 Å². The largest absolute Gasteiger partial charge is 0.454 e. The number of ether oxygens (including phenoxy) is 2. The second-order valence-corrected chi connectivity index (χ2v) is 4.67. The summed E-state index contributed by atoms with van der Waals surface area (Å²) in [6.45, 7) is 4.66. The van der Waals surface area contributed by atoms with Gasteiger partial charge in [0, 0.05) is 12.1 Å². The molecule has 0 saturated carbocycles. The first-order valence-electron chi connectivity index (χ1n) is 7.04. The second kappa shape index (κ2) is 9.68. The summed E-state index contributed by atoms with van der Waals surface area (Å²) >= 11 is 0. The highest BCUT2D eigenvalue weighted by molar-refractivity contribution is 5.81. The summed E-state index contributed by atoms with van der Waals surface area (Å²) in [5, 5.41) is 2.42. The molecule has 1 atom stereocenters. The van der Waals surface area contributed by atoms with E-state index in [4.69, 9.17) is 9.47 Å². The van der Waals surface area contributed by atoms with Gasteiger partial charge in [-0.1, -0.05) is 12.1 Å². The van der Waals surface area contributed by atoms with Crippen LogP contribution in [-0.2, 0) is 25.5 Å². The van der Waals surface area contributed by atoms with Crippen molar-refractivity contribution in [3.05, 3.63) is 48.1 Å². The summed E-state index contributed by atoms with van der Waals surface area (Å²) in [5.74, 6) is -2.58. The molecule has 1 rings (SSSR count). The molecule has 1 aromatic rings.